The number of amides is 1. The highest BCUT2D eigenvalue weighted by Gasteiger charge is 2.32. The molecule has 3 aromatic rings. The molecule has 0 spiro atoms. The van der Waals surface area contributed by atoms with Gasteiger partial charge in [0.1, 0.15) is 11.6 Å². The predicted octanol–water partition coefficient (Wildman–Crippen LogP) is 4.63. The predicted molar refractivity (Wildman–Crippen MR) is 123 cm³/mol. The number of anilines is 1. The van der Waals surface area contributed by atoms with Gasteiger partial charge in [-0.15, -0.1) is 0 Å². The van der Waals surface area contributed by atoms with E-state index in [9.17, 15) is 9.59 Å². The van der Waals surface area contributed by atoms with Gasteiger partial charge in [0.15, 0.2) is 5.16 Å². The van der Waals surface area contributed by atoms with Gasteiger partial charge in [-0.3, -0.25) is 9.59 Å². The van der Waals surface area contributed by atoms with E-state index in [0.29, 0.717) is 34.6 Å². The summed E-state index contributed by atoms with van der Waals surface area (Å²) in [4.78, 5) is 33.0. The van der Waals surface area contributed by atoms with E-state index < -0.39 is 5.92 Å². The van der Waals surface area contributed by atoms with Gasteiger partial charge >= 0.3 is 0 Å². The first-order chi connectivity index (χ1) is 15.1. The number of carbonyl (C=O) groups is 1. The highest BCUT2D eigenvalue weighted by molar-refractivity contribution is 7.98. The number of para-hydroxylation sites is 1. The van der Waals surface area contributed by atoms with Gasteiger partial charge in [-0.05, 0) is 30.5 Å². The van der Waals surface area contributed by atoms with Gasteiger partial charge in [-0.25, -0.2) is 4.98 Å². The maximum absolute atomic E-state index is 13.1. The molecule has 1 atom stereocenters. The Morgan fingerprint density at radius 1 is 1.13 bits per heavy atom. The second-order valence-electron chi connectivity index (χ2n) is 7.54. The zero-order chi connectivity index (χ0) is 21.8. The van der Waals surface area contributed by atoms with E-state index in [4.69, 9.17) is 4.74 Å². The number of nitrogens with one attached hydrogen (secondary N) is 2. The third kappa shape index (κ3) is 4.66. The van der Waals surface area contributed by atoms with Crippen molar-refractivity contribution in [1.29, 1.82) is 0 Å². The number of hydrogen-bond donors (Lipinski definition) is 2. The minimum atomic E-state index is -0.400. The lowest BCUT2D eigenvalue weighted by Crippen LogP contribution is -2.31. The number of aromatic amines is 1. The van der Waals surface area contributed by atoms with Crippen LogP contribution in [0.1, 0.15) is 47.9 Å². The molecule has 0 radical (unpaired) electrons. The Morgan fingerprint density at radius 2 is 1.90 bits per heavy atom. The van der Waals surface area contributed by atoms with Crippen molar-refractivity contribution < 1.29 is 9.53 Å². The maximum atomic E-state index is 13.1. The first kappa shape index (κ1) is 21.2. The van der Waals surface area contributed by atoms with Crippen molar-refractivity contribution in [3.8, 4) is 5.75 Å². The van der Waals surface area contributed by atoms with Crippen LogP contribution in [0.2, 0.25) is 0 Å². The molecule has 7 heteroatoms. The van der Waals surface area contributed by atoms with E-state index in [2.05, 4.69) is 34.3 Å². The Morgan fingerprint density at radius 3 is 2.71 bits per heavy atom. The van der Waals surface area contributed by atoms with Crippen LogP contribution in [0, 0.1) is 6.92 Å². The van der Waals surface area contributed by atoms with Gasteiger partial charge in [0.2, 0.25) is 5.91 Å². The summed E-state index contributed by atoms with van der Waals surface area (Å²) in [6, 6.07) is 15.7. The highest BCUT2D eigenvalue weighted by Crippen LogP contribution is 2.38. The summed E-state index contributed by atoms with van der Waals surface area (Å²) in [6.45, 7) is 4.67. The van der Waals surface area contributed by atoms with Crippen molar-refractivity contribution in [2.45, 2.75) is 43.5 Å². The average molecular weight is 436 g/mol. The van der Waals surface area contributed by atoms with Crippen molar-refractivity contribution in [3.63, 3.8) is 0 Å². The first-order valence-electron chi connectivity index (χ1n) is 10.4. The molecular weight excluding hydrogens is 410 g/mol. The van der Waals surface area contributed by atoms with Crippen LogP contribution in [0.4, 0.5) is 5.82 Å². The lowest BCUT2D eigenvalue weighted by molar-refractivity contribution is -0.116. The van der Waals surface area contributed by atoms with Crippen LogP contribution in [0.5, 0.6) is 5.75 Å². The molecular formula is C24H25N3O3S. The first-order valence-corrected chi connectivity index (χ1v) is 11.4. The SMILES string of the molecule is CCCOc1ccccc1[C@H]1CC(=O)Nc2nc(SCc3ccccc3C)[nH]c(=O)c21. The Labute approximate surface area is 185 Å². The van der Waals surface area contributed by atoms with Crippen LogP contribution in [0.15, 0.2) is 58.5 Å². The number of fused-ring (bicyclic) bond motifs is 1. The molecule has 0 aliphatic carbocycles. The molecule has 0 fully saturated rings. The lowest BCUT2D eigenvalue weighted by atomic mass is 9.86. The van der Waals surface area contributed by atoms with Crippen LogP contribution in [0.25, 0.3) is 0 Å². The molecule has 1 aliphatic rings. The topological polar surface area (TPSA) is 84.1 Å². The molecule has 0 unspecified atom stereocenters. The lowest BCUT2D eigenvalue weighted by Gasteiger charge is -2.26. The Hall–Kier alpha value is -3.06. The largest absolute Gasteiger partial charge is 0.493 e. The number of thioether (sulfide) groups is 1. The zero-order valence-corrected chi connectivity index (χ0v) is 18.4. The summed E-state index contributed by atoms with van der Waals surface area (Å²) in [6.07, 6.45) is 1.06. The Balaban J connectivity index is 1.67. The van der Waals surface area contributed by atoms with Gasteiger partial charge in [-0.1, -0.05) is 61.2 Å². The zero-order valence-electron chi connectivity index (χ0n) is 17.6. The molecule has 0 bridgehead atoms. The Bertz CT molecular complexity index is 1160. The van der Waals surface area contributed by atoms with Crippen LogP contribution in [0.3, 0.4) is 0 Å². The molecule has 2 N–H and O–H groups in total. The average Bonchev–Trinajstić information content (AvgIpc) is 2.76. The second-order valence-corrected chi connectivity index (χ2v) is 8.50. The van der Waals surface area contributed by atoms with E-state index in [0.717, 1.165) is 12.0 Å². The van der Waals surface area contributed by atoms with Crippen molar-refractivity contribution >= 4 is 23.5 Å². The molecule has 6 nitrogen and oxygen atoms in total. The summed E-state index contributed by atoms with van der Waals surface area (Å²) in [5, 5.41) is 3.28. The molecule has 2 heterocycles. The number of hydrogen-bond acceptors (Lipinski definition) is 5. The van der Waals surface area contributed by atoms with Crippen LogP contribution < -0.4 is 15.6 Å². The van der Waals surface area contributed by atoms with E-state index in [1.54, 1.807) is 0 Å². The third-order valence-corrected chi connectivity index (χ3v) is 6.23. The van der Waals surface area contributed by atoms with E-state index in [1.165, 1.54) is 22.9 Å². The number of benzene rings is 2. The van der Waals surface area contributed by atoms with E-state index >= 15 is 0 Å². The summed E-state index contributed by atoms with van der Waals surface area (Å²) in [5.41, 5.74) is 3.45. The second kappa shape index (κ2) is 9.39. The number of ether oxygens (including phenoxy) is 1. The molecule has 2 aromatic carbocycles. The molecule has 0 saturated heterocycles. The molecule has 0 saturated carbocycles. The van der Waals surface area contributed by atoms with Gasteiger partial charge < -0.3 is 15.0 Å². The summed E-state index contributed by atoms with van der Waals surface area (Å²) >= 11 is 1.44. The van der Waals surface area contributed by atoms with Crippen LogP contribution in [-0.2, 0) is 10.5 Å². The third-order valence-electron chi connectivity index (χ3n) is 5.31. The fourth-order valence-electron chi connectivity index (χ4n) is 3.71. The number of carbonyl (C=O) groups excluding carboxylic acids is 1. The van der Waals surface area contributed by atoms with Crippen molar-refractivity contribution in [1.82, 2.24) is 9.97 Å². The fraction of sp³-hybridized carbons (Fsp3) is 0.292. The minimum Gasteiger partial charge on any atom is -0.493 e. The highest BCUT2D eigenvalue weighted by atomic mass is 32.2. The quantitative estimate of drug-likeness (QED) is 0.417. The summed E-state index contributed by atoms with van der Waals surface area (Å²) < 4.78 is 5.88. The number of aromatic nitrogens is 2. The van der Waals surface area contributed by atoms with Gasteiger partial charge in [0, 0.05) is 23.7 Å². The minimum absolute atomic E-state index is 0.157. The number of nitrogens with zero attached hydrogens (tertiary/aromatic N) is 1. The number of H-pyrrole nitrogens is 1. The van der Waals surface area contributed by atoms with Crippen molar-refractivity contribution in [3.05, 3.63) is 81.1 Å². The standard InChI is InChI=1S/C24H25N3O3S/c1-3-12-30-19-11-7-6-10-17(19)18-13-20(28)25-22-21(18)23(29)27-24(26-22)31-14-16-9-5-4-8-15(16)2/h4-11,18H,3,12-14H2,1-2H3,(H2,25,26,27,28,29)/t18-/m1/s1. The summed E-state index contributed by atoms with van der Waals surface area (Å²) in [5.74, 6) is 1.16. The van der Waals surface area contributed by atoms with Crippen LogP contribution >= 0.6 is 11.8 Å². The van der Waals surface area contributed by atoms with E-state index in [1.807, 2.05) is 43.3 Å². The fourth-order valence-corrected chi connectivity index (χ4v) is 4.65. The Kier molecular flexibility index (Phi) is 6.42. The molecule has 160 valence electrons. The molecule has 1 aliphatic heterocycles. The normalized spacial score (nSPS) is 15.3. The number of aryl methyl sites for hydroxylation is 1. The monoisotopic (exact) mass is 435 g/mol. The summed E-state index contributed by atoms with van der Waals surface area (Å²) in [7, 11) is 0. The van der Waals surface area contributed by atoms with Gasteiger partial charge in [-0.2, -0.15) is 0 Å². The van der Waals surface area contributed by atoms with Crippen molar-refractivity contribution in [2.75, 3.05) is 11.9 Å². The molecule has 4 rings (SSSR count). The molecule has 1 amide bonds. The van der Waals surface area contributed by atoms with Crippen LogP contribution in [-0.4, -0.2) is 22.5 Å². The molecule has 31 heavy (non-hydrogen) atoms. The van der Waals surface area contributed by atoms with E-state index in [-0.39, 0.29) is 17.9 Å². The number of rotatable bonds is 7. The maximum Gasteiger partial charge on any atom is 0.257 e. The molecule has 1 aromatic heterocycles. The van der Waals surface area contributed by atoms with Crippen molar-refractivity contribution in [2.24, 2.45) is 0 Å². The van der Waals surface area contributed by atoms with Gasteiger partial charge in [0.05, 0.1) is 12.2 Å². The smallest absolute Gasteiger partial charge is 0.257 e. The van der Waals surface area contributed by atoms with Gasteiger partial charge in [0.25, 0.3) is 5.56 Å².